The summed E-state index contributed by atoms with van der Waals surface area (Å²) in [6.07, 6.45) is 1.57. The molecule has 4 nitrogen and oxygen atoms in total. The van der Waals surface area contributed by atoms with E-state index in [1.54, 1.807) is 18.4 Å². The van der Waals surface area contributed by atoms with Crippen LogP contribution in [0.2, 0.25) is 0 Å². The molecule has 0 bridgehead atoms. The van der Waals surface area contributed by atoms with Gasteiger partial charge in [0.05, 0.1) is 19.1 Å². The third kappa shape index (κ3) is 2.61. The van der Waals surface area contributed by atoms with Gasteiger partial charge in [0, 0.05) is 15.6 Å². The summed E-state index contributed by atoms with van der Waals surface area (Å²) < 4.78 is 11.7. The van der Waals surface area contributed by atoms with E-state index in [9.17, 15) is 5.26 Å². The van der Waals surface area contributed by atoms with Crippen LogP contribution in [0.15, 0.2) is 57.6 Å². The van der Waals surface area contributed by atoms with E-state index in [-0.39, 0.29) is 5.88 Å². The topological polar surface area (TPSA) is 59.1 Å². The Morgan fingerprint density at radius 2 is 2.00 bits per heavy atom. The molecule has 22 heavy (non-hydrogen) atoms. The second-order valence-corrected chi connectivity index (χ2v) is 5.45. The van der Waals surface area contributed by atoms with Crippen molar-refractivity contribution in [3.05, 3.63) is 58.8 Å². The van der Waals surface area contributed by atoms with E-state index in [1.807, 2.05) is 30.3 Å². The highest BCUT2D eigenvalue weighted by Crippen LogP contribution is 2.33. The minimum atomic E-state index is 0.286. The zero-order valence-electron chi connectivity index (χ0n) is 11.7. The lowest BCUT2D eigenvalue weighted by Crippen LogP contribution is -1.97. The monoisotopic (exact) mass is 354 g/mol. The van der Waals surface area contributed by atoms with Gasteiger partial charge in [0.15, 0.2) is 0 Å². The summed E-state index contributed by atoms with van der Waals surface area (Å²) in [5, 5.41) is 9.41. The van der Waals surface area contributed by atoms with E-state index >= 15 is 0 Å². The highest BCUT2D eigenvalue weighted by atomic mass is 79.9. The van der Waals surface area contributed by atoms with Gasteiger partial charge in [-0.05, 0) is 30.3 Å². The van der Waals surface area contributed by atoms with Crippen molar-refractivity contribution < 1.29 is 9.15 Å². The first-order valence-corrected chi connectivity index (χ1v) is 7.31. The lowest BCUT2D eigenvalue weighted by atomic mass is 10.0. The molecule has 0 saturated heterocycles. The van der Waals surface area contributed by atoms with Crippen LogP contribution in [0.5, 0.6) is 5.88 Å². The molecule has 0 aliphatic heterocycles. The molecule has 0 atom stereocenters. The maximum atomic E-state index is 9.41. The molecule has 0 fully saturated rings. The van der Waals surface area contributed by atoms with Crippen molar-refractivity contribution in [2.24, 2.45) is 0 Å². The Balaban J connectivity index is 2.23. The Morgan fingerprint density at radius 1 is 1.23 bits per heavy atom. The summed E-state index contributed by atoms with van der Waals surface area (Å²) in [4.78, 5) is 4.43. The number of methoxy groups -OCH3 is 1. The van der Waals surface area contributed by atoms with Crippen LogP contribution < -0.4 is 4.74 Å². The number of aromatic nitrogens is 1. The molecule has 0 spiro atoms. The first-order valence-electron chi connectivity index (χ1n) is 6.52. The minimum Gasteiger partial charge on any atom is -0.480 e. The van der Waals surface area contributed by atoms with Crippen LogP contribution in [-0.2, 0) is 0 Å². The van der Waals surface area contributed by atoms with Crippen molar-refractivity contribution in [3.63, 3.8) is 0 Å². The first kappa shape index (κ1) is 14.4. The number of rotatable bonds is 3. The maximum Gasteiger partial charge on any atom is 0.232 e. The molecule has 0 aliphatic carbocycles. The van der Waals surface area contributed by atoms with E-state index in [4.69, 9.17) is 9.15 Å². The van der Waals surface area contributed by atoms with Gasteiger partial charge in [-0.15, -0.1) is 0 Å². The van der Waals surface area contributed by atoms with Crippen LogP contribution in [0, 0.1) is 11.3 Å². The van der Waals surface area contributed by atoms with E-state index < -0.39 is 0 Å². The Hall–Kier alpha value is -2.58. The Labute approximate surface area is 136 Å². The van der Waals surface area contributed by atoms with Crippen molar-refractivity contribution in [1.82, 2.24) is 4.98 Å². The zero-order valence-corrected chi connectivity index (χ0v) is 13.3. The molecular formula is C17H11BrN2O2. The van der Waals surface area contributed by atoms with Crippen molar-refractivity contribution >= 4 is 15.9 Å². The van der Waals surface area contributed by atoms with Crippen LogP contribution >= 0.6 is 15.9 Å². The Kier molecular flexibility index (Phi) is 3.94. The smallest absolute Gasteiger partial charge is 0.232 e. The highest BCUT2D eigenvalue weighted by molar-refractivity contribution is 9.10. The quantitative estimate of drug-likeness (QED) is 0.686. The molecule has 2 heterocycles. The van der Waals surface area contributed by atoms with Crippen molar-refractivity contribution in [3.8, 4) is 34.5 Å². The van der Waals surface area contributed by atoms with Crippen LogP contribution in [0.3, 0.4) is 0 Å². The summed E-state index contributed by atoms with van der Waals surface area (Å²) in [5.74, 6) is 0.893. The average molecular weight is 355 g/mol. The molecular weight excluding hydrogens is 344 g/mol. The van der Waals surface area contributed by atoms with Crippen LogP contribution in [-0.4, -0.2) is 12.1 Å². The Bertz CT molecular complexity index is 834. The number of hydrogen-bond donors (Lipinski definition) is 0. The van der Waals surface area contributed by atoms with Crippen molar-refractivity contribution in [1.29, 1.82) is 5.26 Å². The number of furan rings is 1. The third-order valence-electron chi connectivity index (χ3n) is 3.22. The van der Waals surface area contributed by atoms with Crippen molar-refractivity contribution in [2.75, 3.05) is 7.11 Å². The summed E-state index contributed by atoms with van der Waals surface area (Å²) in [7, 11) is 1.50. The van der Waals surface area contributed by atoms with Gasteiger partial charge < -0.3 is 9.15 Å². The van der Waals surface area contributed by atoms with Gasteiger partial charge in [-0.1, -0.05) is 28.1 Å². The normalized spacial score (nSPS) is 10.2. The standard InChI is InChI=1S/C17H11BrN2O2/c1-21-17-14(10-19)13(16-3-2-8-22-16)9-15(20-17)11-4-6-12(18)7-5-11/h2-9H,1H3. The molecule has 3 rings (SSSR count). The molecule has 0 radical (unpaired) electrons. The van der Waals surface area contributed by atoms with E-state index in [1.165, 1.54) is 7.11 Å². The Morgan fingerprint density at radius 3 is 2.59 bits per heavy atom. The van der Waals surface area contributed by atoms with Gasteiger partial charge >= 0.3 is 0 Å². The second-order valence-electron chi connectivity index (χ2n) is 4.54. The number of nitriles is 1. The number of halogens is 1. The van der Waals surface area contributed by atoms with Crippen molar-refractivity contribution in [2.45, 2.75) is 0 Å². The SMILES string of the molecule is COc1nc(-c2ccc(Br)cc2)cc(-c2ccco2)c1C#N. The number of hydrogen-bond acceptors (Lipinski definition) is 4. The molecule has 3 aromatic rings. The molecule has 0 aliphatic rings. The lowest BCUT2D eigenvalue weighted by Gasteiger charge is -2.10. The largest absolute Gasteiger partial charge is 0.480 e. The first-order chi connectivity index (χ1) is 10.7. The van der Waals surface area contributed by atoms with Gasteiger partial charge in [-0.3, -0.25) is 0 Å². The maximum absolute atomic E-state index is 9.41. The summed E-state index contributed by atoms with van der Waals surface area (Å²) >= 11 is 3.41. The van der Waals surface area contributed by atoms with Crippen LogP contribution in [0.25, 0.3) is 22.6 Å². The predicted molar refractivity (Wildman–Crippen MR) is 86.3 cm³/mol. The van der Waals surface area contributed by atoms with Gasteiger partial charge in [0.25, 0.3) is 0 Å². The summed E-state index contributed by atoms with van der Waals surface area (Å²) in [5.41, 5.74) is 2.67. The summed E-state index contributed by atoms with van der Waals surface area (Å²) in [6.45, 7) is 0. The zero-order chi connectivity index (χ0) is 15.5. The summed E-state index contributed by atoms with van der Waals surface area (Å²) in [6, 6.07) is 15.3. The van der Waals surface area contributed by atoms with Gasteiger partial charge in [0.2, 0.25) is 5.88 Å². The number of nitrogens with zero attached hydrogens (tertiary/aromatic N) is 2. The van der Waals surface area contributed by atoms with Crippen LogP contribution in [0.1, 0.15) is 5.56 Å². The molecule has 2 aromatic heterocycles. The lowest BCUT2D eigenvalue weighted by molar-refractivity contribution is 0.397. The molecule has 0 saturated carbocycles. The van der Waals surface area contributed by atoms with E-state index in [0.717, 1.165) is 15.7 Å². The van der Waals surface area contributed by atoms with Gasteiger partial charge in [-0.2, -0.15) is 5.26 Å². The number of ether oxygens (including phenoxy) is 1. The molecule has 5 heteroatoms. The molecule has 108 valence electrons. The van der Waals surface area contributed by atoms with Gasteiger partial charge in [0.1, 0.15) is 17.4 Å². The second kappa shape index (κ2) is 6.04. The molecule has 0 N–H and O–H groups in total. The number of pyridine rings is 1. The van der Waals surface area contributed by atoms with E-state index in [0.29, 0.717) is 16.9 Å². The number of benzene rings is 1. The molecule has 1 aromatic carbocycles. The third-order valence-corrected chi connectivity index (χ3v) is 3.75. The molecule has 0 unspecified atom stereocenters. The predicted octanol–water partition coefficient (Wildman–Crippen LogP) is 4.65. The highest BCUT2D eigenvalue weighted by Gasteiger charge is 2.17. The molecule has 0 amide bonds. The van der Waals surface area contributed by atoms with E-state index in [2.05, 4.69) is 27.0 Å². The fourth-order valence-electron chi connectivity index (χ4n) is 2.17. The minimum absolute atomic E-state index is 0.286. The fraction of sp³-hybridized carbons (Fsp3) is 0.0588. The fourth-order valence-corrected chi connectivity index (χ4v) is 2.44. The van der Waals surface area contributed by atoms with Gasteiger partial charge in [-0.25, -0.2) is 4.98 Å². The average Bonchev–Trinajstić information content (AvgIpc) is 3.08. The van der Waals surface area contributed by atoms with Crippen LogP contribution in [0.4, 0.5) is 0 Å².